The Balaban J connectivity index is 1.18. The predicted octanol–water partition coefficient (Wildman–Crippen LogP) is 4.05. The predicted molar refractivity (Wildman–Crippen MR) is 198 cm³/mol. The standard InChI is InChI=1S/C35H31N9O5S3/c1-43-29(22-14-9-15-37-16-22)40-41-35(43)52-18-23-17-50-32-26(39-30(45)25(42-48-2)24-19-51-34(36)38-24)31(46)44(32)27(23)33(47)49-28(20-10-5-3-6-11-20)21-12-7-4-8-13-21/h3-16,19,26,28,32H,17-18H2,1-2H3,(H2,36,38)(H,39,45)/b42-25+/t26-,32?/m1/s1. The molecule has 14 nitrogen and oxygen atoms in total. The first-order valence-electron chi connectivity index (χ1n) is 15.9. The minimum atomic E-state index is -0.952. The van der Waals surface area contributed by atoms with Crippen molar-refractivity contribution in [3.05, 3.63) is 119 Å². The van der Waals surface area contributed by atoms with Gasteiger partial charge in [0.25, 0.3) is 11.8 Å². The molecule has 2 aliphatic rings. The number of oxime groups is 1. The Morgan fingerprint density at radius 3 is 2.44 bits per heavy atom. The van der Waals surface area contributed by atoms with Crippen molar-refractivity contribution in [2.24, 2.45) is 12.2 Å². The summed E-state index contributed by atoms with van der Waals surface area (Å²) in [5.41, 5.74) is 9.04. The van der Waals surface area contributed by atoms with Gasteiger partial charge in [-0.3, -0.25) is 19.5 Å². The van der Waals surface area contributed by atoms with Gasteiger partial charge in [-0.25, -0.2) is 9.78 Å². The van der Waals surface area contributed by atoms with E-state index < -0.39 is 35.3 Å². The summed E-state index contributed by atoms with van der Waals surface area (Å²) in [6.45, 7) is 0. The number of fused-ring (bicyclic) bond motifs is 1. The normalized spacial score (nSPS) is 17.1. The second kappa shape index (κ2) is 15.4. The number of carbonyl (C=O) groups is 3. The number of nitrogens with zero attached hydrogens (tertiary/aromatic N) is 7. The number of aromatic nitrogens is 5. The minimum absolute atomic E-state index is 0.127. The van der Waals surface area contributed by atoms with Gasteiger partial charge in [0.15, 0.2) is 27.9 Å². The highest BCUT2D eigenvalue weighted by molar-refractivity contribution is 8.01. The van der Waals surface area contributed by atoms with Crippen LogP contribution in [0.15, 0.2) is 112 Å². The van der Waals surface area contributed by atoms with Gasteiger partial charge < -0.3 is 25.2 Å². The Hall–Kier alpha value is -5.52. The lowest BCUT2D eigenvalue weighted by Gasteiger charge is -2.49. The maximum Gasteiger partial charge on any atom is 0.356 e. The average molecular weight is 754 g/mol. The lowest BCUT2D eigenvalue weighted by atomic mass is 10.0. The number of β-lactam (4-membered cyclic amide) rings is 1. The number of nitrogens with two attached hydrogens (primary N) is 1. The molecule has 2 amide bonds. The number of hydrogen-bond donors (Lipinski definition) is 2. The molecule has 3 aromatic heterocycles. The van der Waals surface area contributed by atoms with E-state index in [2.05, 4.69) is 30.6 Å². The van der Waals surface area contributed by atoms with E-state index in [-0.39, 0.29) is 22.2 Å². The zero-order chi connectivity index (χ0) is 36.2. The van der Waals surface area contributed by atoms with Crippen LogP contribution in [-0.2, 0) is 31.0 Å². The molecule has 1 fully saturated rings. The monoisotopic (exact) mass is 753 g/mol. The summed E-state index contributed by atoms with van der Waals surface area (Å²) in [6.07, 6.45) is 2.66. The van der Waals surface area contributed by atoms with Crippen molar-refractivity contribution in [1.29, 1.82) is 0 Å². The Labute approximate surface area is 310 Å². The van der Waals surface area contributed by atoms with Crippen molar-refractivity contribution < 1.29 is 24.0 Å². The molecule has 0 radical (unpaired) electrons. The molecular formula is C35H31N9O5S3. The first-order chi connectivity index (χ1) is 25.3. The van der Waals surface area contributed by atoms with E-state index in [4.69, 9.17) is 15.3 Å². The molecule has 17 heteroatoms. The van der Waals surface area contributed by atoms with Crippen LogP contribution in [0.5, 0.6) is 0 Å². The van der Waals surface area contributed by atoms with Crippen LogP contribution in [-0.4, -0.2) is 83.2 Å². The fourth-order valence-electron chi connectivity index (χ4n) is 5.77. The highest BCUT2D eigenvalue weighted by Crippen LogP contribution is 2.43. The minimum Gasteiger partial charge on any atom is -0.448 e. The van der Waals surface area contributed by atoms with Crippen LogP contribution < -0.4 is 11.1 Å². The van der Waals surface area contributed by atoms with Crippen LogP contribution in [0, 0.1) is 0 Å². The van der Waals surface area contributed by atoms with E-state index in [0.717, 1.165) is 28.0 Å². The number of anilines is 1. The third-order valence-electron chi connectivity index (χ3n) is 8.25. The van der Waals surface area contributed by atoms with E-state index in [1.54, 1.807) is 17.8 Å². The van der Waals surface area contributed by atoms with E-state index in [1.807, 2.05) is 84.4 Å². The quantitative estimate of drug-likeness (QED) is 0.0615. The van der Waals surface area contributed by atoms with Gasteiger partial charge in [-0.15, -0.1) is 33.3 Å². The Morgan fingerprint density at radius 1 is 1.08 bits per heavy atom. The number of nitrogens with one attached hydrogen (secondary N) is 1. The third kappa shape index (κ3) is 7.02. The van der Waals surface area contributed by atoms with Gasteiger partial charge in [-0.05, 0) is 28.8 Å². The van der Waals surface area contributed by atoms with Gasteiger partial charge in [-0.2, -0.15) is 0 Å². The highest BCUT2D eigenvalue weighted by atomic mass is 32.2. The number of hydrogen-bond acceptors (Lipinski definition) is 14. The molecule has 1 saturated heterocycles. The number of rotatable bonds is 12. The second-order valence-corrected chi connectivity index (χ2v) is 14.4. The van der Waals surface area contributed by atoms with Gasteiger partial charge in [-0.1, -0.05) is 77.6 Å². The van der Waals surface area contributed by atoms with Crippen LogP contribution in [0.25, 0.3) is 11.4 Å². The fourth-order valence-corrected chi connectivity index (χ4v) is 8.71. The molecule has 2 atom stereocenters. The maximum absolute atomic E-state index is 14.4. The Kier molecular flexibility index (Phi) is 10.3. The van der Waals surface area contributed by atoms with Crippen LogP contribution in [0.4, 0.5) is 5.13 Å². The number of nitrogen functional groups attached to an aromatic ring is 1. The summed E-state index contributed by atoms with van der Waals surface area (Å²) in [5.74, 6) is -0.451. The summed E-state index contributed by atoms with van der Waals surface area (Å²) in [4.78, 5) is 56.4. The summed E-state index contributed by atoms with van der Waals surface area (Å²) in [5, 5.41) is 17.2. The van der Waals surface area contributed by atoms with Crippen molar-refractivity contribution in [1.82, 2.24) is 34.9 Å². The summed E-state index contributed by atoms with van der Waals surface area (Å²) >= 11 is 3.96. The molecule has 3 N–H and O–H groups in total. The van der Waals surface area contributed by atoms with Crippen molar-refractivity contribution in [3.8, 4) is 11.4 Å². The van der Waals surface area contributed by atoms with Crippen LogP contribution in [0.2, 0.25) is 0 Å². The molecular weight excluding hydrogens is 723 g/mol. The molecule has 0 saturated carbocycles. The van der Waals surface area contributed by atoms with Gasteiger partial charge in [0.05, 0.1) is 0 Å². The zero-order valence-corrected chi connectivity index (χ0v) is 30.2. The van der Waals surface area contributed by atoms with E-state index >= 15 is 0 Å². The molecule has 0 bridgehead atoms. The number of thioether (sulfide) groups is 2. The van der Waals surface area contributed by atoms with Crippen molar-refractivity contribution in [3.63, 3.8) is 0 Å². The number of carbonyl (C=O) groups excluding carboxylic acids is 3. The Morgan fingerprint density at radius 2 is 1.81 bits per heavy atom. The molecule has 7 rings (SSSR count). The molecule has 52 heavy (non-hydrogen) atoms. The van der Waals surface area contributed by atoms with E-state index in [9.17, 15) is 14.4 Å². The summed E-state index contributed by atoms with van der Waals surface area (Å²) in [7, 11) is 3.16. The van der Waals surface area contributed by atoms with E-state index in [1.165, 1.54) is 35.5 Å². The lowest BCUT2D eigenvalue weighted by molar-refractivity contribution is -0.154. The number of ether oxygens (including phenoxy) is 1. The first-order valence-corrected chi connectivity index (χ1v) is 18.8. The molecule has 2 aliphatic heterocycles. The summed E-state index contributed by atoms with van der Waals surface area (Å²) in [6, 6.07) is 21.6. The number of pyridine rings is 1. The fraction of sp³-hybridized carbons (Fsp3) is 0.200. The molecule has 0 spiro atoms. The van der Waals surface area contributed by atoms with Crippen LogP contribution in [0.3, 0.4) is 0 Å². The van der Waals surface area contributed by atoms with Gasteiger partial charge >= 0.3 is 5.97 Å². The number of thiazole rings is 1. The van der Waals surface area contributed by atoms with E-state index in [0.29, 0.717) is 28.1 Å². The average Bonchev–Trinajstić information content (AvgIpc) is 3.78. The van der Waals surface area contributed by atoms with Crippen LogP contribution >= 0.6 is 34.9 Å². The van der Waals surface area contributed by atoms with Gasteiger partial charge in [0.2, 0.25) is 0 Å². The number of esters is 1. The SMILES string of the molecule is CO/N=C(/C(=O)N[C@@H]1C(=O)N2C(C(=O)OC(c3ccccc3)c3ccccc3)=C(CSc3nnc(-c4cccnc4)n3C)CSC12)c1csc(N)n1. The Bertz CT molecular complexity index is 2120. The first kappa shape index (κ1) is 34.9. The van der Waals surface area contributed by atoms with Gasteiger partial charge in [0.1, 0.15) is 29.9 Å². The molecule has 264 valence electrons. The lowest BCUT2D eigenvalue weighted by Crippen LogP contribution is -2.71. The maximum atomic E-state index is 14.4. The van der Waals surface area contributed by atoms with Crippen molar-refractivity contribution >= 4 is 63.5 Å². The third-order valence-corrected chi connectivity index (χ3v) is 11.4. The van der Waals surface area contributed by atoms with Crippen molar-refractivity contribution in [2.75, 3.05) is 24.3 Å². The highest BCUT2D eigenvalue weighted by Gasteiger charge is 2.55. The zero-order valence-electron chi connectivity index (χ0n) is 27.8. The number of amides is 2. The topological polar surface area (TPSA) is 180 Å². The van der Waals surface area contributed by atoms with Crippen LogP contribution in [0.1, 0.15) is 22.9 Å². The molecule has 1 unspecified atom stereocenters. The van der Waals surface area contributed by atoms with Gasteiger partial charge in [0, 0.05) is 41.9 Å². The number of benzene rings is 2. The van der Waals surface area contributed by atoms with Crippen molar-refractivity contribution in [2.45, 2.75) is 22.7 Å². The largest absolute Gasteiger partial charge is 0.448 e. The molecule has 5 heterocycles. The molecule has 0 aliphatic carbocycles. The smallest absolute Gasteiger partial charge is 0.356 e. The molecule has 2 aromatic carbocycles. The molecule has 5 aromatic rings. The summed E-state index contributed by atoms with van der Waals surface area (Å²) < 4.78 is 8.14. The second-order valence-electron chi connectivity index (χ2n) is 11.5.